The second kappa shape index (κ2) is 17.8. The van der Waals surface area contributed by atoms with Crippen LogP contribution in [0.4, 0.5) is 17.1 Å². The van der Waals surface area contributed by atoms with Crippen LogP contribution in [0.15, 0.2) is 242 Å². The van der Waals surface area contributed by atoms with Gasteiger partial charge in [0, 0.05) is 44.6 Å². The molecule has 3 aliphatic rings. The standard InChI is InChI=1S/C77H51N3O/c1-76(2)68-15-9-7-11-59(68)65-42-55(33-39-70(65)76)80(56-34-40-71-66(43-56)60-12-8-10-16-69(60)77(71,3)4)54-31-25-48(26-32-54)47-21-23-50(24-22-47)58-36-28-52-29-37-62-57(35-27-51-30-38-63(58)74(52)73(51)62)49-19-17-46(18-20-49)41-67-72(53(44-78)45-79)61-13-5-6-14-64(61)75(67)81/h5-43H,1-4H3. The fourth-order valence-electron chi connectivity index (χ4n) is 13.9. The molecule has 12 aromatic rings. The van der Waals surface area contributed by atoms with E-state index < -0.39 is 0 Å². The van der Waals surface area contributed by atoms with Crippen molar-refractivity contribution >= 4 is 66.8 Å². The van der Waals surface area contributed by atoms with E-state index in [1.54, 1.807) is 24.3 Å². The van der Waals surface area contributed by atoms with Gasteiger partial charge in [0.25, 0.3) is 0 Å². The number of ketones is 1. The lowest BCUT2D eigenvalue weighted by Crippen LogP contribution is -2.16. The quantitative estimate of drug-likeness (QED) is 0.0906. The first-order chi connectivity index (χ1) is 39.5. The van der Waals surface area contributed by atoms with Gasteiger partial charge in [-0.05, 0) is 164 Å². The number of benzene rings is 12. The molecule has 0 unspecified atom stereocenters. The molecule has 81 heavy (non-hydrogen) atoms. The molecule has 0 saturated carbocycles. The van der Waals surface area contributed by atoms with Crippen LogP contribution in [0.1, 0.15) is 71.4 Å². The summed E-state index contributed by atoms with van der Waals surface area (Å²) in [6.07, 6.45) is 1.80. The van der Waals surface area contributed by atoms with Gasteiger partial charge in [-0.1, -0.05) is 222 Å². The number of nitriles is 2. The van der Waals surface area contributed by atoms with E-state index in [1.165, 1.54) is 82.4 Å². The number of anilines is 3. The van der Waals surface area contributed by atoms with Crippen molar-refractivity contribution in [2.45, 2.75) is 38.5 Å². The molecule has 0 atom stereocenters. The van der Waals surface area contributed by atoms with Gasteiger partial charge < -0.3 is 4.90 Å². The van der Waals surface area contributed by atoms with Gasteiger partial charge in [0.05, 0.1) is 0 Å². The van der Waals surface area contributed by atoms with Crippen molar-refractivity contribution in [1.82, 2.24) is 0 Å². The van der Waals surface area contributed by atoms with Crippen LogP contribution in [0.2, 0.25) is 0 Å². The zero-order chi connectivity index (χ0) is 54.9. The molecule has 0 N–H and O–H groups in total. The number of fused-ring (bicyclic) bond motifs is 7. The van der Waals surface area contributed by atoms with Crippen LogP contribution in [0.3, 0.4) is 0 Å². The summed E-state index contributed by atoms with van der Waals surface area (Å²) in [4.78, 5) is 16.1. The Hall–Kier alpha value is -10.4. The van der Waals surface area contributed by atoms with Gasteiger partial charge in [-0.15, -0.1) is 0 Å². The highest BCUT2D eigenvalue weighted by Crippen LogP contribution is 2.54. The third kappa shape index (κ3) is 7.17. The molecule has 0 heterocycles. The number of allylic oxidation sites excluding steroid dienone is 3. The molecule has 0 bridgehead atoms. The number of hydrogen-bond acceptors (Lipinski definition) is 4. The summed E-state index contributed by atoms with van der Waals surface area (Å²) in [6.45, 7) is 9.37. The van der Waals surface area contributed by atoms with Crippen LogP contribution in [-0.4, -0.2) is 5.78 Å². The average Bonchev–Trinajstić information content (AvgIpc) is 3.56. The smallest absolute Gasteiger partial charge is 0.194 e. The van der Waals surface area contributed by atoms with Gasteiger partial charge >= 0.3 is 0 Å². The normalized spacial score (nSPS) is 14.6. The molecule has 15 rings (SSSR count). The van der Waals surface area contributed by atoms with E-state index in [0.29, 0.717) is 22.3 Å². The minimum atomic E-state index is -0.187. The molecule has 12 aromatic carbocycles. The summed E-state index contributed by atoms with van der Waals surface area (Å²) >= 11 is 0. The van der Waals surface area contributed by atoms with E-state index in [-0.39, 0.29) is 22.2 Å². The van der Waals surface area contributed by atoms with Gasteiger partial charge in [0.15, 0.2) is 5.78 Å². The molecule has 0 radical (unpaired) electrons. The SMILES string of the molecule is CC1(C)c2ccccc2-c2cc(N(c3ccc(-c4ccc(-c5ccc6ccc7c(-c8ccc(C=C9C(=O)c%10ccccc%10C9=C(C#N)C#N)cc8)ccc8ccc5c6c87)cc4)cc3)c3ccc4c(c3)-c3ccccc3C4(C)C)ccc21. The minimum absolute atomic E-state index is 0.0696. The third-order valence-corrected chi connectivity index (χ3v) is 17.9. The van der Waals surface area contributed by atoms with Crippen molar-refractivity contribution in [1.29, 1.82) is 10.5 Å². The van der Waals surface area contributed by atoms with E-state index in [0.717, 1.165) is 50.4 Å². The molecular formula is C77H51N3O. The highest BCUT2D eigenvalue weighted by Gasteiger charge is 2.38. The first-order valence-electron chi connectivity index (χ1n) is 27.7. The first kappa shape index (κ1) is 47.8. The Labute approximate surface area is 471 Å². The van der Waals surface area contributed by atoms with Crippen LogP contribution in [-0.2, 0) is 10.8 Å². The lowest BCUT2D eigenvalue weighted by atomic mass is 9.82. The van der Waals surface area contributed by atoms with Crippen LogP contribution in [0, 0.1) is 22.7 Å². The Morgan fingerprint density at radius 1 is 0.395 bits per heavy atom. The fraction of sp³-hybridized carbons (Fsp3) is 0.0779. The predicted octanol–water partition coefficient (Wildman–Crippen LogP) is 19.7. The van der Waals surface area contributed by atoms with Crippen LogP contribution < -0.4 is 4.90 Å². The average molecular weight is 1030 g/mol. The van der Waals surface area contributed by atoms with E-state index in [1.807, 2.05) is 30.3 Å². The Kier molecular flexibility index (Phi) is 10.5. The summed E-state index contributed by atoms with van der Waals surface area (Å²) in [6, 6.07) is 87.3. The van der Waals surface area contributed by atoms with Crippen molar-refractivity contribution in [2.24, 2.45) is 0 Å². The van der Waals surface area contributed by atoms with Crippen molar-refractivity contribution < 1.29 is 4.79 Å². The van der Waals surface area contributed by atoms with E-state index in [4.69, 9.17) is 0 Å². The van der Waals surface area contributed by atoms with Crippen molar-refractivity contribution in [3.63, 3.8) is 0 Å². The molecule has 4 heteroatoms. The second-order valence-electron chi connectivity index (χ2n) is 22.9. The molecule has 0 aromatic heterocycles. The summed E-state index contributed by atoms with van der Waals surface area (Å²) in [5.74, 6) is -0.187. The molecule has 0 saturated heterocycles. The second-order valence-corrected chi connectivity index (χ2v) is 22.9. The number of rotatable bonds is 7. The van der Waals surface area contributed by atoms with Gasteiger partial charge in [-0.2, -0.15) is 10.5 Å². The zero-order valence-corrected chi connectivity index (χ0v) is 45.3. The number of nitrogens with zero attached hydrogens (tertiary/aromatic N) is 3. The van der Waals surface area contributed by atoms with Crippen LogP contribution >= 0.6 is 0 Å². The topological polar surface area (TPSA) is 67.9 Å². The third-order valence-electron chi connectivity index (χ3n) is 17.9. The summed E-state index contributed by atoms with van der Waals surface area (Å²) in [7, 11) is 0. The Balaban J connectivity index is 0.758. The fourth-order valence-corrected chi connectivity index (χ4v) is 13.9. The Bertz CT molecular complexity index is 4700. The molecule has 3 aliphatic carbocycles. The van der Waals surface area contributed by atoms with Crippen molar-refractivity contribution in [2.75, 3.05) is 4.90 Å². The molecule has 0 aliphatic heterocycles. The molecule has 380 valence electrons. The van der Waals surface area contributed by atoms with Crippen molar-refractivity contribution in [3.05, 3.63) is 281 Å². The van der Waals surface area contributed by atoms with Gasteiger partial charge in [0.2, 0.25) is 0 Å². The number of Topliss-reactive ketones (excluding diaryl/α,β-unsaturated/α-hetero) is 1. The van der Waals surface area contributed by atoms with Crippen molar-refractivity contribution in [3.8, 4) is 67.8 Å². The monoisotopic (exact) mass is 1030 g/mol. The van der Waals surface area contributed by atoms with E-state index in [9.17, 15) is 15.3 Å². The maximum Gasteiger partial charge on any atom is 0.194 e. The lowest BCUT2D eigenvalue weighted by Gasteiger charge is -2.28. The highest BCUT2D eigenvalue weighted by atomic mass is 16.1. The summed E-state index contributed by atoms with van der Waals surface area (Å²) in [5.41, 5.74) is 23.3. The molecular weight excluding hydrogens is 983 g/mol. The van der Waals surface area contributed by atoms with E-state index >= 15 is 0 Å². The van der Waals surface area contributed by atoms with Gasteiger partial charge in [-0.25, -0.2) is 0 Å². The zero-order valence-electron chi connectivity index (χ0n) is 45.3. The van der Waals surface area contributed by atoms with Gasteiger partial charge in [-0.3, -0.25) is 4.79 Å². The maximum atomic E-state index is 13.6. The van der Waals surface area contributed by atoms with Gasteiger partial charge in [0.1, 0.15) is 17.7 Å². The Morgan fingerprint density at radius 3 is 1.31 bits per heavy atom. The number of carbonyl (C=O) groups is 1. The molecule has 0 amide bonds. The largest absolute Gasteiger partial charge is 0.310 e. The molecule has 0 fully saturated rings. The lowest BCUT2D eigenvalue weighted by molar-refractivity contribution is 0.104. The molecule has 4 nitrogen and oxygen atoms in total. The minimum Gasteiger partial charge on any atom is -0.310 e. The van der Waals surface area contributed by atoms with Crippen LogP contribution in [0.25, 0.3) is 99.6 Å². The first-order valence-corrected chi connectivity index (χ1v) is 27.7. The molecule has 0 spiro atoms. The number of hydrogen-bond donors (Lipinski definition) is 0. The maximum absolute atomic E-state index is 13.6. The predicted molar refractivity (Wildman–Crippen MR) is 333 cm³/mol. The Morgan fingerprint density at radius 2 is 0.802 bits per heavy atom. The number of carbonyl (C=O) groups excluding carboxylic acids is 1. The van der Waals surface area contributed by atoms with Crippen LogP contribution in [0.5, 0.6) is 0 Å². The van der Waals surface area contributed by atoms with E-state index in [2.05, 4.69) is 227 Å². The highest BCUT2D eigenvalue weighted by molar-refractivity contribution is 6.30. The summed E-state index contributed by atoms with van der Waals surface area (Å²) < 4.78 is 0. The summed E-state index contributed by atoms with van der Waals surface area (Å²) in [5, 5.41) is 26.9.